The van der Waals surface area contributed by atoms with Crippen molar-refractivity contribution in [2.75, 3.05) is 6.61 Å². The maximum atomic E-state index is 12.0. The maximum Gasteiger partial charge on any atom is 0.319 e. The molecular formula is C15H20N2O2S2. The Labute approximate surface area is 133 Å². The molecule has 114 valence electrons. The van der Waals surface area contributed by atoms with Crippen LogP contribution in [0.2, 0.25) is 0 Å². The molecule has 0 fully saturated rings. The van der Waals surface area contributed by atoms with Crippen LogP contribution in [-0.2, 0) is 9.53 Å². The van der Waals surface area contributed by atoms with Gasteiger partial charge in [0.2, 0.25) is 0 Å². The predicted molar refractivity (Wildman–Crippen MR) is 88.1 cm³/mol. The molecule has 2 aromatic rings. The fourth-order valence-electron chi connectivity index (χ4n) is 1.89. The molecule has 6 heteroatoms. The smallest absolute Gasteiger partial charge is 0.319 e. The molecule has 0 saturated heterocycles. The third-order valence-corrected chi connectivity index (χ3v) is 5.49. The molecule has 4 nitrogen and oxygen atoms in total. The van der Waals surface area contributed by atoms with Crippen LogP contribution in [0.15, 0.2) is 11.4 Å². The lowest BCUT2D eigenvalue weighted by Crippen LogP contribution is -2.17. The molecule has 0 N–H and O–H groups in total. The minimum absolute atomic E-state index is 0.176. The number of aryl methyl sites for hydroxylation is 2. The number of ether oxygens (including phenoxy) is 1. The number of fused-ring (bicyclic) bond motifs is 1. The Morgan fingerprint density at radius 1 is 1.43 bits per heavy atom. The van der Waals surface area contributed by atoms with E-state index in [0.717, 1.165) is 28.1 Å². The molecule has 0 aromatic carbocycles. The normalized spacial score (nSPS) is 12.6. The molecule has 0 bridgehead atoms. The molecule has 1 atom stereocenters. The largest absolute Gasteiger partial charge is 0.465 e. The van der Waals surface area contributed by atoms with Gasteiger partial charge in [-0.3, -0.25) is 4.79 Å². The molecule has 0 saturated carbocycles. The van der Waals surface area contributed by atoms with Gasteiger partial charge in [0, 0.05) is 10.3 Å². The topological polar surface area (TPSA) is 52.1 Å². The van der Waals surface area contributed by atoms with E-state index in [0.29, 0.717) is 6.61 Å². The molecule has 0 radical (unpaired) electrons. The number of thioether (sulfide) groups is 1. The van der Waals surface area contributed by atoms with E-state index >= 15 is 0 Å². The number of thiophene rings is 1. The molecule has 0 aliphatic rings. The zero-order chi connectivity index (χ0) is 15.4. The van der Waals surface area contributed by atoms with Crippen molar-refractivity contribution in [2.45, 2.75) is 50.8 Å². The second-order valence-electron chi connectivity index (χ2n) is 4.92. The minimum atomic E-state index is -0.264. The van der Waals surface area contributed by atoms with Crippen LogP contribution in [0.4, 0.5) is 0 Å². The summed E-state index contributed by atoms with van der Waals surface area (Å²) in [6.07, 6.45) is 3.49. The standard InChI is InChI=1S/C15H20N2O2S2/c1-5-6-7-19-15(18)11(4)21-14-12-9(2)10(3)20-13(12)16-8-17-14/h8,11H,5-7H2,1-4H3/t11-/m1/s1. The van der Waals surface area contributed by atoms with Crippen LogP contribution in [-0.4, -0.2) is 27.8 Å². The first-order valence-corrected chi connectivity index (χ1v) is 8.78. The first-order chi connectivity index (χ1) is 10.0. The molecule has 2 rings (SSSR count). The van der Waals surface area contributed by atoms with Crippen molar-refractivity contribution < 1.29 is 9.53 Å². The van der Waals surface area contributed by atoms with Gasteiger partial charge in [0.25, 0.3) is 0 Å². The van der Waals surface area contributed by atoms with Crippen molar-refractivity contribution in [3.8, 4) is 0 Å². The molecule has 0 spiro atoms. The van der Waals surface area contributed by atoms with Crippen LogP contribution in [0, 0.1) is 13.8 Å². The Balaban J connectivity index is 2.14. The third-order valence-electron chi connectivity index (χ3n) is 3.29. The third kappa shape index (κ3) is 3.74. The lowest BCUT2D eigenvalue weighted by molar-refractivity contribution is -0.142. The van der Waals surface area contributed by atoms with Crippen LogP contribution in [0.5, 0.6) is 0 Å². The number of esters is 1. The van der Waals surface area contributed by atoms with Crippen molar-refractivity contribution >= 4 is 39.3 Å². The summed E-state index contributed by atoms with van der Waals surface area (Å²) in [5.74, 6) is -0.176. The average Bonchev–Trinajstić information content (AvgIpc) is 2.75. The summed E-state index contributed by atoms with van der Waals surface area (Å²) in [6.45, 7) is 8.59. The van der Waals surface area contributed by atoms with Crippen molar-refractivity contribution in [3.05, 3.63) is 16.8 Å². The van der Waals surface area contributed by atoms with E-state index in [4.69, 9.17) is 4.74 Å². The number of unbranched alkanes of at least 4 members (excludes halogenated alkanes) is 1. The van der Waals surface area contributed by atoms with Gasteiger partial charge >= 0.3 is 5.97 Å². The lowest BCUT2D eigenvalue weighted by Gasteiger charge is -2.11. The number of rotatable bonds is 6. The number of hydrogen-bond acceptors (Lipinski definition) is 6. The Morgan fingerprint density at radius 2 is 2.19 bits per heavy atom. The number of carbonyl (C=O) groups is 1. The quantitative estimate of drug-likeness (QED) is 0.346. The first-order valence-electron chi connectivity index (χ1n) is 7.08. The SMILES string of the molecule is CCCCOC(=O)[C@@H](C)Sc1ncnc2sc(C)c(C)c12. The molecule has 0 unspecified atom stereocenters. The van der Waals surface area contributed by atoms with Crippen molar-refractivity contribution in [1.29, 1.82) is 0 Å². The summed E-state index contributed by atoms with van der Waals surface area (Å²) in [7, 11) is 0. The monoisotopic (exact) mass is 324 g/mol. The maximum absolute atomic E-state index is 12.0. The number of aromatic nitrogens is 2. The van der Waals surface area contributed by atoms with Gasteiger partial charge in [-0.1, -0.05) is 25.1 Å². The lowest BCUT2D eigenvalue weighted by atomic mass is 10.2. The van der Waals surface area contributed by atoms with Crippen LogP contribution in [0.1, 0.15) is 37.1 Å². The van der Waals surface area contributed by atoms with Crippen LogP contribution < -0.4 is 0 Å². The average molecular weight is 324 g/mol. The van der Waals surface area contributed by atoms with E-state index in [9.17, 15) is 4.79 Å². The van der Waals surface area contributed by atoms with Gasteiger partial charge in [-0.2, -0.15) is 0 Å². The molecule has 0 aliphatic carbocycles. The minimum Gasteiger partial charge on any atom is -0.465 e. The Morgan fingerprint density at radius 3 is 2.90 bits per heavy atom. The Kier molecular flexibility index (Phi) is 5.58. The van der Waals surface area contributed by atoms with Crippen molar-refractivity contribution in [1.82, 2.24) is 9.97 Å². The summed E-state index contributed by atoms with van der Waals surface area (Å²) < 4.78 is 5.26. The second kappa shape index (κ2) is 7.22. The number of carbonyl (C=O) groups excluding carboxylic acids is 1. The van der Waals surface area contributed by atoms with Gasteiger partial charge in [0.1, 0.15) is 21.4 Å². The zero-order valence-corrected chi connectivity index (χ0v) is 14.4. The molecule has 0 aliphatic heterocycles. The molecular weight excluding hydrogens is 304 g/mol. The van der Waals surface area contributed by atoms with E-state index in [1.807, 2.05) is 6.92 Å². The summed E-state index contributed by atoms with van der Waals surface area (Å²) in [6, 6.07) is 0. The van der Waals surface area contributed by atoms with E-state index in [1.54, 1.807) is 17.7 Å². The van der Waals surface area contributed by atoms with E-state index < -0.39 is 0 Å². The molecule has 21 heavy (non-hydrogen) atoms. The highest BCUT2D eigenvalue weighted by molar-refractivity contribution is 8.00. The van der Waals surface area contributed by atoms with Crippen LogP contribution in [0.25, 0.3) is 10.2 Å². The fourth-order valence-corrected chi connectivity index (χ4v) is 3.93. The summed E-state index contributed by atoms with van der Waals surface area (Å²) >= 11 is 3.11. The van der Waals surface area contributed by atoms with Gasteiger partial charge in [-0.15, -0.1) is 11.3 Å². The predicted octanol–water partition coefficient (Wildman–Crippen LogP) is 4.13. The van der Waals surface area contributed by atoms with Gasteiger partial charge in [0.05, 0.1) is 6.61 Å². The van der Waals surface area contributed by atoms with E-state index in [2.05, 4.69) is 30.7 Å². The summed E-state index contributed by atoms with van der Waals surface area (Å²) in [5, 5.41) is 1.67. The number of nitrogens with zero attached hydrogens (tertiary/aromatic N) is 2. The highest BCUT2D eigenvalue weighted by Gasteiger charge is 2.20. The highest BCUT2D eigenvalue weighted by Crippen LogP contribution is 2.36. The van der Waals surface area contributed by atoms with Gasteiger partial charge < -0.3 is 4.74 Å². The fraction of sp³-hybridized carbons (Fsp3) is 0.533. The van der Waals surface area contributed by atoms with Gasteiger partial charge in [-0.25, -0.2) is 9.97 Å². The highest BCUT2D eigenvalue weighted by atomic mass is 32.2. The molecule has 0 amide bonds. The van der Waals surface area contributed by atoms with Crippen LogP contribution in [0.3, 0.4) is 0 Å². The molecule has 2 aromatic heterocycles. The zero-order valence-electron chi connectivity index (χ0n) is 12.8. The molecule has 2 heterocycles. The number of hydrogen-bond donors (Lipinski definition) is 0. The van der Waals surface area contributed by atoms with Crippen molar-refractivity contribution in [3.63, 3.8) is 0 Å². The Bertz CT molecular complexity index is 640. The van der Waals surface area contributed by atoms with Gasteiger partial charge in [0.15, 0.2) is 0 Å². The summed E-state index contributed by atoms with van der Waals surface area (Å²) in [4.78, 5) is 22.9. The van der Waals surface area contributed by atoms with Crippen molar-refractivity contribution in [2.24, 2.45) is 0 Å². The Hall–Kier alpha value is -1.14. The van der Waals surface area contributed by atoms with E-state index in [1.165, 1.54) is 22.2 Å². The summed E-state index contributed by atoms with van der Waals surface area (Å²) in [5.41, 5.74) is 1.20. The van der Waals surface area contributed by atoms with Gasteiger partial charge in [-0.05, 0) is 32.8 Å². The van der Waals surface area contributed by atoms with Crippen LogP contribution >= 0.6 is 23.1 Å². The van der Waals surface area contributed by atoms with E-state index in [-0.39, 0.29) is 11.2 Å². The second-order valence-corrected chi connectivity index (χ2v) is 7.46. The first kappa shape index (κ1) is 16.2.